The highest BCUT2D eigenvalue weighted by Gasteiger charge is 2.43. The van der Waals surface area contributed by atoms with Crippen LogP contribution in [0.3, 0.4) is 0 Å². The van der Waals surface area contributed by atoms with Gasteiger partial charge in [-0.3, -0.25) is 4.79 Å². The van der Waals surface area contributed by atoms with Crippen molar-refractivity contribution < 1.29 is 19.1 Å². The lowest BCUT2D eigenvalue weighted by atomic mass is 9.99. The monoisotopic (exact) mass is 336 g/mol. The van der Waals surface area contributed by atoms with E-state index in [-0.39, 0.29) is 11.5 Å². The minimum absolute atomic E-state index is 0.00634. The van der Waals surface area contributed by atoms with Crippen LogP contribution in [0.15, 0.2) is 30.5 Å². The van der Waals surface area contributed by atoms with E-state index in [9.17, 15) is 19.1 Å². The van der Waals surface area contributed by atoms with Crippen molar-refractivity contribution in [2.75, 3.05) is 11.5 Å². The number of rotatable bonds is 4. The maximum Gasteiger partial charge on any atom is 0.330 e. The number of amides is 1. The molecule has 7 nitrogen and oxygen atoms in total. The van der Waals surface area contributed by atoms with Gasteiger partial charge in [-0.15, -0.1) is 5.10 Å². The number of thioether (sulfide) groups is 1. The third-order valence-corrected chi connectivity index (χ3v) is 4.76. The molecule has 1 saturated heterocycles. The first-order chi connectivity index (χ1) is 11.0. The van der Waals surface area contributed by atoms with Gasteiger partial charge in [0, 0.05) is 5.75 Å². The molecule has 1 atom stereocenters. The molecular weight excluding hydrogens is 323 g/mol. The van der Waals surface area contributed by atoms with Crippen LogP contribution in [-0.4, -0.2) is 49.0 Å². The van der Waals surface area contributed by atoms with Gasteiger partial charge in [0.25, 0.3) is 5.91 Å². The average molecular weight is 336 g/mol. The number of hydrogen-bond acceptors (Lipinski definition) is 5. The van der Waals surface area contributed by atoms with E-state index in [1.165, 1.54) is 47.0 Å². The summed E-state index contributed by atoms with van der Waals surface area (Å²) >= 11 is 1.48. The predicted molar refractivity (Wildman–Crippen MR) is 81.1 cm³/mol. The molecule has 3 rings (SSSR count). The van der Waals surface area contributed by atoms with Gasteiger partial charge in [-0.2, -0.15) is 21.7 Å². The Hall–Kier alpha value is -2.42. The van der Waals surface area contributed by atoms with Gasteiger partial charge in [0.1, 0.15) is 11.4 Å². The fourth-order valence-electron chi connectivity index (χ4n) is 2.23. The number of nitrogens with zero attached hydrogens (tertiary/aromatic N) is 3. The summed E-state index contributed by atoms with van der Waals surface area (Å²) in [5, 5.41) is 19.9. The van der Waals surface area contributed by atoms with Gasteiger partial charge < -0.3 is 10.4 Å². The fraction of sp³-hybridized carbons (Fsp3) is 0.286. The summed E-state index contributed by atoms with van der Waals surface area (Å²) in [6.45, 7) is 0. The number of aliphatic carboxylic acids is 1. The van der Waals surface area contributed by atoms with Gasteiger partial charge in [0.2, 0.25) is 0 Å². The molecular formula is C14H13FN4O3S. The van der Waals surface area contributed by atoms with Crippen LogP contribution >= 0.6 is 11.8 Å². The van der Waals surface area contributed by atoms with Gasteiger partial charge in [0.05, 0.1) is 11.9 Å². The lowest BCUT2D eigenvalue weighted by Gasteiger charge is -2.23. The summed E-state index contributed by atoms with van der Waals surface area (Å²) in [5.74, 6) is -1.04. The molecule has 0 radical (unpaired) electrons. The number of halogens is 1. The topological polar surface area (TPSA) is 97.1 Å². The van der Waals surface area contributed by atoms with E-state index in [0.29, 0.717) is 23.6 Å². The summed E-state index contributed by atoms with van der Waals surface area (Å²) in [5.41, 5.74) is -0.761. The second kappa shape index (κ2) is 5.99. The average Bonchev–Trinajstić information content (AvgIpc) is 3.17. The van der Waals surface area contributed by atoms with Crippen molar-refractivity contribution in [3.8, 4) is 5.69 Å². The first-order valence-corrected chi connectivity index (χ1v) is 7.98. The van der Waals surface area contributed by atoms with E-state index in [0.717, 1.165) is 0 Å². The Kier molecular flexibility index (Phi) is 4.03. The second-order valence-corrected chi connectivity index (χ2v) is 6.24. The molecule has 1 amide bonds. The van der Waals surface area contributed by atoms with Crippen LogP contribution in [0, 0.1) is 5.82 Å². The summed E-state index contributed by atoms with van der Waals surface area (Å²) in [6, 6.07) is 5.47. The summed E-state index contributed by atoms with van der Waals surface area (Å²) in [7, 11) is 0. The summed E-state index contributed by atoms with van der Waals surface area (Å²) in [6.07, 6.45) is 1.61. The zero-order chi connectivity index (χ0) is 16.4. The third kappa shape index (κ3) is 3.04. The molecule has 0 aliphatic carbocycles. The zero-order valence-electron chi connectivity index (χ0n) is 11.9. The van der Waals surface area contributed by atoms with Crippen LogP contribution in [0.5, 0.6) is 0 Å². The van der Waals surface area contributed by atoms with Crippen LogP contribution in [0.2, 0.25) is 0 Å². The lowest BCUT2D eigenvalue weighted by molar-refractivity contribution is -0.143. The van der Waals surface area contributed by atoms with Crippen molar-refractivity contribution in [2.24, 2.45) is 0 Å². The number of carboxylic acid groups (broad SMARTS) is 1. The molecule has 2 heterocycles. The maximum atomic E-state index is 12.9. The quantitative estimate of drug-likeness (QED) is 0.868. The van der Waals surface area contributed by atoms with Crippen LogP contribution in [0.1, 0.15) is 16.9 Å². The Morgan fingerprint density at radius 1 is 1.35 bits per heavy atom. The van der Waals surface area contributed by atoms with Crippen molar-refractivity contribution in [1.82, 2.24) is 20.3 Å². The Balaban J connectivity index is 1.78. The van der Waals surface area contributed by atoms with E-state index < -0.39 is 17.4 Å². The van der Waals surface area contributed by atoms with Gasteiger partial charge >= 0.3 is 5.97 Å². The van der Waals surface area contributed by atoms with Crippen LogP contribution in [0.25, 0.3) is 5.69 Å². The molecule has 120 valence electrons. The number of carboxylic acids is 1. The minimum Gasteiger partial charge on any atom is -0.479 e. The highest BCUT2D eigenvalue weighted by Crippen LogP contribution is 2.28. The lowest BCUT2D eigenvalue weighted by Crippen LogP contribution is -2.54. The molecule has 9 heteroatoms. The molecule has 2 aromatic rings. The molecule has 1 aliphatic heterocycles. The van der Waals surface area contributed by atoms with Gasteiger partial charge in [0.15, 0.2) is 5.69 Å². The van der Waals surface area contributed by atoms with Gasteiger partial charge in [-0.1, -0.05) is 0 Å². The predicted octanol–water partition coefficient (Wildman–Crippen LogP) is 1.10. The van der Waals surface area contributed by atoms with Crippen LogP contribution in [-0.2, 0) is 4.79 Å². The largest absolute Gasteiger partial charge is 0.479 e. The Morgan fingerprint density at radius 2 is 2.09 bits per heavy atom. The minimum atomic E-state index is -1.26. The summed E-state index contributed by atoms with van der Waals surface area (Å²) < 4.78 is 12.9. The first-order valence-electron chi connectivity index (χ1n) is 6.82. The molecule has 0 saturated carbocycles. The Labute approximate surface area is 134 Å². The van der Waals surface area contributed by atoms with E-state index in [4.69, 9.17) is 0 Å². The molecule has 23 heavy (non-hydrogen) atoms. The van der Waals surface area contributed by atoms with E-state index in [1.54, 1.807) is 0 Å². The first kappa shape index (κ1) is 15.5. The van der Waals surface area contributed by atoms with Crippen molar-refractivity contribution >= 4 is 23.6 Å². The number of benzene rings is 1. The van der Waals surface area contributed by atoms with Crippen molar-refractivity contribution in [1.29, 1.82) is 0 Å². The normalized spacial score (nSPS) is 20.4. The fourth-order valence-corrected chi connectivity index (χ4v) is 3.56. The molecule has 2 N–H and O–H groups in total. The van der Waals surface area contributed by atoms with Crippen molar-refractivity contribution in [3.05, 3.63) is 42.0 Å². The molecule has 1 aliphatic rings. The number of aromatic nitrogens is 3. The number of hydrogen-bond donors (Lipinski definition) is 2. The third-order valence-electron chi connectivity index (χ3n) is 3.57. The molecule has 1 fully saturated rings. The molecule has 0 spiro atoms. The summed E-state index contributed by atoms with van der Waals surface area (Å²) in [4.78, 5) is 24.9. The zero-order valence-corrected chi connectivity index (χ0v) is 12.7. The smallest absolute Gasteiger partial charge is 0.330 e. The maximum absolute atomic E-state index is 12.9. The van der Waals surface area contributed by atoms with Gasteiger partial charge in [-0.05, 0) is 36.4 Å². The number of nitrogens with one attached hydrogen (secondary N) is 1. The van der Waals surface area contributed by atoms with Crippen molar-refractivity contribution in [3.63, 3.8) is 0 Å². The van der Waals surface area contributed by atoms with Crippen LogP contribution in [0.4, 0.5) is 4.39 Å². The van der Waals surface area contributed by atoms with E-state index >= 15 is 0 Å². The highest BCUT2D eigenvalue weighted by molar-refractivity contribution is 7.99. The second-order valence-electron chi connectivity index (χ2n) is 5.14. The molecule has 1 aromatic heterocycles. The molecule has 0 bridgehead atoms. The SMILES string of the molecule is O=C(NC1(C(=O)O)CCSC1)c1cnn(-c2ccc(F)cc2)n1. The van der Waals surface area contributed by atoms with Crippen molar-refractivity contribution in [2.45, 2.75) is 12.0 Å². The molecule has 1 unspecified atom stereocenters. The Bertz CT molecular complexity index is 741. The highest BCUT2D eigenvalue weighted by atomic mass is 32.2. The van der Waals surface area contributed by atoms with E-state index in [2.05, 4.69) is 15.5 Å². The number of carbonyl (C=O) groups excluding carboxylic acids is 1. The van der Waals surface area contributed by atoms with Crippen LogP contribution < -0.4 is 5.32 Å². The Morgan fingerprint density at radius 3 is 2.70 bits per heavy atom. The van der Waals surface area contributed by atoms with Gasteiger partial charge in [-0.25, -0.2) is 9.18 Å². The molecule has 1 aromatic carbocycles. The van der Waals surface area contributed by atoms with E-state index in [1.807, 2.05) is 0 Å². The standard InChI is InChI=1S/C14H13FN4O3S/c15-9-1-3-10(4-2-9)19-16-7-11(18-19)12(20)17-14(13(21)22)5-6-23-8-14/h1-4,7H,5-6,8H2,(H,17,20)(H,21,22). The number of carbonyl (C=O) groups is 2.